The molecule has 1 aliphatic rings. The molecule has 32 heavy (non-hydrogen) atoms. The molecule has 0 radical (unpaired) electrons. The molecule has 1 saturated heterocycles. The number of benzene rings is 3. The van der Waals surface area contributed by atoms with Gasteiger partial charge < -0.3 is 10.2 Å². The highest BCUT2D eigenvalue weighted by Crippen LogP contribution is 2.24. The van der Waals surface area contributed by atoms with Gasteiger partial charge in [-0.25, -0.2) is 4.79 Å². The molecule has 3 amide bonds. The molecule has 4 rings (SSSR count). The predicted octanol–water partition coefficient (Wildman–Crippen LogP) is 6.04. The molecule has 0 bridgehead atoms. The van der Waals surface area contributed by atoms with Crippen LogP contribution in [0.1, 0.15) is 33.5 Å². The van der Waals surface area contributed by atoms with Crippen LogP contribution in [0, 0.1) is 13.8 Å². The summed E-state index contributed by atoms with van der Waals surface area (Å²) >= 11 is 5.97. The van der Waals surface area contributed by atoms with E-state index in [1.807, 2.05) is 73.3 Å². The molecule has 3 aromatic rings. The van der Waals surface area contributed by atoms with Crippen LogP contribution in [-0.2, 0) is 6.54 Å². The van der Waals surface area contributed by atoms with Gasteiger partial charge >= 0.3 is 6.03 Å². The van der Waals surface area contributed by atoms with E-state index in [1.54, 1.807) is 17.0 Å². The lowest BCUT2D eigenvalue weighted by atomic mass is 10.1. The van der Waals surface area contributed by atoms with E-state index in [4.69, 9.17) is 11.6 Å². The molecule has 0 aromatic heterocycles. The molecule has 1 aliphatic heterocycles. The summed E-state index contributed by atoms with van der Waals surface area (Å²) in [5, 5.41) is 3.63. The largest absolute Gasteiger partial charge is 0.324 e. The Labute approximate surface area is 193 Å². The van der Waals surface area contributed by atoms with Crippen molar-refractivity contribution in [1.82, 2.24) is 4.90 Å². The zero-order valence-electron chi connectivity index (χ0n) is 18.3. The van der Waals surface area contributed by atoms with E-state index >= 15 is 0 Å². The molecule has 1 fully saturated rings. The number of rotatable bonds is 5. The van der Waals surface area contributed by atoms with Crippen molar-refractivity contribution in [2.75, 3.05) is 23.3 Å². The first-order chi connectivity index (χ1) is 15.4. The van der Waals surface area contributed by atoms with E-state index in [2.05, 4.69) is 5.32 Å². The third-order valence-corrected chi connectivity index (χ3v) is 6.03. The number of halogens is 1. The van der Waals surface area contributed by atoms with Crippen LogP contribution in [0.4, 0.5) is 16.2 Å². The normalized spacial score (nSPS) is 13.9. The van der Waals surface area contributed by atoms with Crippen molar-refractivity contribution in [3.8, 4) is 0 Å². The standard InChI is InChI=1S/C26H26ClN3O2/c1-18-7-12-23(15-19(18)2)28-25(31)21-5-3-6-24(16-21)30-14-4-13-29(26(30)32)17-20-8-10-22(27)11-9-20/h3,5-12,15-16H,4,13-14,17H2,1-2H3,(H,28,31). The number of nitrogens with one attached hydrogen (secondary N) is 1. The van der Waals surface area contributed by atoms with Gasteiger partial charge in [-0.3, -0.25) is 9.69 Å². The molecular weight excluding hydrogens is 422 g/mol. The van der Waals surface area contributed by atoms with Crippen molar-refractivity contribution >= 4 is 34.9 Å². The second-order valence-electron chi connectivity index (χ2n) is 8.14. The van der Waals surface area contributed by atoms with E-state index in [0.29, 0.717) is 30.2 Å². The summed E-state index contributed by atoms with van der Waals surface area (Å²) in [6.07, 6.45) is 0.860. The van der Waals surface area contributed by atoms with E-state index in [1.165, 1.54) is 5.56 Å². The number of hydrogen-bond donors (Lipinski definition) is 1. The van der Waals surface area contributed by atoms with Crippen LogP contribution in [0.25, 0.3) is 0 Å². The van der Waals surface area contributed by atoms with Crippen LogP contribution < -0.4 is 10.2 Å². The number of carbonyl (C=O) groups is 2. The zero-order chi connectivity index (χ0) is 22.7. The first kappa shape index (κ1) is 21.9. The van der Waals surface area contributed by atoms with Gasteiger partial charge in [0.1, 0.15) is 0 Å². The van der Waals surface area contributed by atoms with E-state index < -0.39 is 0 Å². The second kappa shape index (κ2) is 9.45. The quantitative estimate of drug-likeness (QED) is 0.518. The molecule has 0 saturated carbocycles. The highest BCUT2D eigenvalue weighted by atomic mass is 35.5. The Bertz CT molecular complexity index is 1140. The first-order valence-electron chi connectivity index (χ1n) is 10.7. The molecule has 0 atom stereocenters. The summed E-state index contributed by atoms with van der Waals surface area (Å²) in [7, 11) is 0. The number of anilines is 2. The van der Waals surface area contributed by atoms with Gasteiger partial charge in [0.25, 0.3) is 5.91 Å². The third-order valence-electron chi connectivity index (χ3n) is 5.78. The molecule has 6 heteroatoms. The van der Waals surface area contributed by atoms with Crippen molar-refractivity contribution in [2.24, 2.45) is 0 Å². The van der Waals surface area contributed by atoms with Crippen LogP contribution in [0.15, 0.2) is 66.7 Å². The fraction of sp³-hybridized carbons (Fsp3) is 0.231. The molecule has 3 aromatic carbocycles. The van der Waals surface area contributed by atoms with Crippen molar-refractivity contribution in [3.05, 3.63) is 94.0 Å². The van der Waals surface area contributed by atoms with Crippen molar-refractivity contribution in [3.63, 3.8) is 0 Å². The molecule has 164 valence electrons. The number of hydrogen-bond acceptors (Lipinski definition) is 2. The molecular formula is C26H26ClN3O2. The topological polar surface area (TPSA) is 52.7 Å². The number of urea groups is 1. The minimum absolute atomic E-state index is 0.0575. The summed E-state index contributed by atoms with van der Waals surface area (Å²) < 4.78 is 0. The SMILES string of the molecule is Cc1ccc(NC(=O)c2cccc(N3CCCN(Cc4ccc(Cl)cc4)C3=O)c2)cc1C. The fourth-order valence-electron chi connectivity index (χ4n) is 3.82. The Hall–Kier alpha value is -3.31. The van der Waals surface area contributed by atoms with Gasteiger partial charge in [-0.05, 0) is 79.4 Å². The summed E-state index contributed by atoms with van der Waals surface area (Å²) in [5.41, 5.74) is 5.33. The van der Waals surface area contributed by atoms with Gasteiger partial charge in [-0.15, -0.1) is 0 Å². The van der Waals surface area contributed by atoms with E-state index in [9.17, 15) is 9.59 Å². The molecule has 1 heterocycles. The van der Waals surface area contributed by atoms with Crippen molar-refractivity contribution in [1.29, 1.82) is 0 Å². The van der Waals surface area contributed by atoms with Crippen LogP contribution >= 0.6 is 11.6 Å². The highest BCUT2D eigenvalue weighted by molar-refractivity contribution is 6.30. The summed E-state index contributed by atoms with van der Waals surface area (Å²) in [4.78, 5) is 29.6. The Morgan fingerprint density at radius 2 is 1.75 bits per heavy atom. The molecule has 0 aliphatic carbocycles. The summed E-state index contributed by atoms with van der Waals surface area (Å²) in [5.74, 6) is -0.197. The van der Waals surface area contributed by atoms with Gasteiger partial charge in [0.2, 0.25) is 0 Å². The lowest BCUT2D eigenvalue weighted by Crippen LogP contribution is -2.49. The first-order valence-corrected chi connectivity index (χ1v) is 11.1. The highest BCUT2D eigenvalue weighted by Gasteiger charge is 2.27. The number of nitrogens with zero attached hydrogens (tertiary/aromatic N) is 2. The Morgan fingerprint density at radius 3 is 2.50 bits per heavy atom. The van der Waals surface area contributed by atoms with Gasteiger partial charge in [-0.1, -0.05) is 35.9 Å². The van der Waals surface area contributed by atoms with Crippen LogP contribution in [0.3, 0.4) is 0 Å². The molecule has 0 spiro atoms. The molecule has 1 N–H and O–H groups in total. The average molecular weight is 448 g/mol. The smallest absolute Gasteiger partial charge is 0.322 e. The maximum absolute atomic E-state index is 13.2. The molecule has 5 nitrogen and oxygen atoms in total. The maximum Gasteiger partial charge on any atom is 0.324 e. The van der Waals surface area contributed by atoms with Crippen molar-refractivity contribution in [2.45, 2.75) is 26.8 Å². The maximum atomic E-state index is 13.2. The third kappa shape index (κ3) is 4.94. The van der Waals surface area contributed by atoms with E-state index in [-0.39, 0.29) is 11.9 Å². The minimum Gasteiger partial charge on any atom is -0.322 e. The van der Waals surface area contributed by atoms with Gasteiger partial charge in [0.15, 0.2) is 0 Å². The van der Waals surface area contributed by atoms with Gasteiger partial charge in [0, 0.05) is 41.6 Å². The summed E-state index contributed by atoms with van der Waals surface area (Å²) in [6.45, 7) is 5.90. The Kier molecular flexibility index (Phi) is 6.47. The van der Waals surface area contributed by atoms with E-state index in [0.717, 1.165) is 28.9 Å². The van der Waals surface area contributed by atoms with Crippen molar-refractivity contribution < 1.29 is 9.59 Å². The zero-order valence-corrected chi connectivity index (χ0v) is 19.0. The van der Waals surface area contributed by atoms with Crippen LogP contribution in [-0.4, -0.2) is 29.9 Å². The number of aryl methyl sites for hydroxylation is 2. The molecule has 0 unspecified atom stereocenters. The fourth-order valence-corrected chi connectivity index (χ4v) is 3.94. The van der Waals surface area contributed by atoms with Gasteiger partial charge in [-0.2, -0.15) is 0 Å². The van der Waals surface area contributed by atoms with Crippen LogP contribution in [0.5, 0.6) is 0 Å². The van der Waals surface area contributed by atoms with Crippen LogP contribution in [0.2, 0.25) is 5.02 Å². The summed E-state index contributed by atoms with van der Waals surface area (Å²) in [6, 6.07) is 20.6. The Balaban J connectivity index is 1.48. The second-order valence-corrected chi connectivity index (χ2v) is 8.58. The lowest BCUT2D eigenvalue weighted by molar-refractivity contribution is 0.102. The van der Waals surface area contributed by atoms with Gasteiger partial charge in [0.05, 0.1) is 0 Å². The number of carbonyl (C=O) groups excluding carboxylic acids is 2. The average Bonchev–Trinajstić information content (AvgIpc) is 2.79. The predicted molar refractivity (Wildman–Crippen MR) is 130 cm³/mol. The lowest BCUT2D eigenvalue weighted by Gasteiger charge is -2.35. The Morgan fingerprint density at radius 1 is 0.969 bits per heavy atom. The minimum atomic E-state index is -0.197. The number of amides is 3. The monoisotopic (exact) mass is 447 g/mol.